The van der Waals surface area contributed by atoms with Crippen LogP contribution in [0.15, 0.2) is 110 Å². The van der Waals surface area contributed by atoms with Crippen molar-refractivity contribution in [2.75, 3.05) is 0 Å². The lowest BCUT2D eigenvalue weighted by molar-refractivity contribution is 0.561. The van der Waals surface area contributed by atoms with Crippen LogP contribution in [0.4, 0.5) is 0 Å². The first-order valence-corrected chi connectivity index (χ1v) is 14.3. The molecule has 0 bridgehead atoms. The van der Waals surface area contributed by atoms with Gasteiger partial charge in [0.25, 0.3) is 0 Å². The quantitative estimate of drug-likeness (QED) is 0.225. The van der Waals surface area contributed by atoms with Crippen molar-refractivity contribution in [1.82, 2.24) is 0 Å². The van der Waals surface area contributed by atoms with Crippen molar-refractivity contribution in [3.63, 3.8) is 0 Å². The van der Waals surface area contributed by atoms with Gasteiger partial charge in [-0.3, -0.25) is 0 Å². The van der Waals surface area contributed by atoms with E-state index in [1.807, 2.05) is 36.4 Å². The maximum absolute atomic E-state index is 6.71. The molecule has 0 amide bonds. The van der Waals surface area contributed by atoms with Crippen molar-refractivity contribution >= 4 is 32.9 Å². The highest BCUT2D eigenvalue weighted by Gasteiger charge is 2.25. The van der Waals surface area contributed by atoms with Crippen LogP contribution in [0.3, 0.4) is 0 Å². The smallest absolute Gasteiger partial charge is 0.138 e. The molecule has 3 aromatic heterocycles. The van der Waals surface area contributed by atoms with Crippen LogP contribution in [0.2, 0.25) is 0 Å². The van der Waals surface area contributed by atoms with Crippen molar-refractivity contribution in [1.29, 1.82) is 0 Å². The van der Waals surface area contributed by atoms with E-state index >= 15 is 0 Å². The van der Waals surface area contributed by atoms with E-state index in [-0.39, 0.29) is 10.8 Å². The summed E-state index contributed by atoms with van der Waals surface area (Å²) >= 11 is 0. The van der Waals surface area contributed by atoms with Gasteiger partial charge in [0, 0.05) is 44.0 Å². The third-order valence-corrected chi connectivity index (χ3v) is 7.90. The van der Waals surface area contributed by atoms with E-state index in [9.17, 15) is 0 Å². The van der Waals surface area contributed by atoms with Crippen LogP contribution in [0.1, 0.15) is 52.7 Å². The normalized spacial score (nSPS) is 12.6. The predicted octanol–water partition coefficient (Wildman–Crippen LogP) is 11.5. The minimum absolute atomic E-state index is 0.114. The Morgan fingerprint density at radius 1 is 0.415 bits per heavy atom. The molecule has 0 atom stereocenters. The summed E-state index contributed by atoms with van der Waals surface area (Å²) in [6, 6.07) is 33.7. The van der Waals surface area contributed by atoms with Gasteiger partial charge in [-0.1, -0.05) is 90.1 Å². The van der Waals surface area contributed by atoms with E-state index in [1.165, 1.54) is 0 Å². The Balaban J connectivity index is 1.42. The van der Waals surface area contributed by atoms with Crippen LogP contribution in [0.5, 0.6) is 0 Å². The molecular weight excluding hydrogens is 504 g/mol. The van der Waals surface area contributed by atoms with Crippen LogP contribution >= 0.6 is 0 Å². The zero-order valence-electron chi connectivity index (χ0n) is 24.5. The van der Waals surface area contributed by atoms with Crippen molar-refractivity contribution in [2.24, 2.45) is 0 Å². The summed E-state index contributed by atoms with van der Waals surface area (Å²) in [6.07, 6.45) is 0. The molecule has 0 spiro atoms. The Bertz CT molecular complexity index is 2020. The molecule has 0 aliphatic carbocycles. The summed E-state index contributed by atoms with van der Waals surface area (Å²) in [5.74, 6) is 2.59. The second-order valence-electron chi connectivity index (χ2n) is 13.1. The van der Waals surface area contributed by atoms with Crippen LogP contribution in [0, 0.1) is 0 Å². The number of fused-ring (bicyclic) bond motifs is 3. The molecule has 7 rings (SSSR count). The molecule has 3 heteroatoms. The summed E-state index contributed by atoms with van der Waals surface area (Å²) in [4.78, 5) is 0. The van der Waals surface area contributed by atoms with Crippen molar-refractivity contribution in [2.45, 2.75) is 52.4 Å². The van der Waals surface area contributed by atoms with Gasteiger partial charge >= 0.3 is 0 Å². The first-order chi connectivity index (χ1) is 19.5. The number of para-hydroxylation sites is 1. The maximum Gasteiger partial charge on any atom is 0.138 e. The summed E-state index contributed by atoms with van der Waals surface area (Å²) in [7, 11) is 0. The fraction of sp³-hybridized carbons (Fsp3) is 0.211. The van der Waals surface area contributed by atoms with Gasteiger partial charge in [0.1, 0.15) is 34.0 Å². The van der Waals surface area contributed by atoms with Gasteiger partial charge in [-0.2, -0.15) is 0 Å². The monoisotopic (exact) mass is 538 g/mol. The molecule has 0 fully saturated rings. The fourth-order valence-corrected chi connectivity index (χ4v) is 5.72. The van der Waals surface area contributed by atoms with Gasteiger partial charge in [0.15, 0.2) is 0 Å². The average molecular weight is 539 g/mol. The Kier molecular flexibility index (Phi) is 5.59. The molecule has 0 saturated carbocycles. The summed E-state index contributed by atoms with van der Waals surface area (Å²) in [5, 5.41) is 3.24. The molecule has 3 nitrogen and oxygen atoms in total. The Morgan fingerprint density at radius 2 is 0.878 bits per heavy atom. The number of hydrogen-bond donors (Lipinski definition) is 0. The van der Waals surface area contributed by atoms with Crippen molar-refractivity contribution in [3.05, 3.63) is 108 Å². The van der Waals surface area contributed by atoms with Gasteiger partial charge in [-0.25, -0.2) is 0 Å². The van der Waals surface area contributed by atoms with E-state index < -0.39 is 0 Å². The lowest BCUT2D eigenvalue weighted by atomic mass is 9.84. The van der Waals surface area contributed by atoms with Crippen LogP contribution < -0.4 is 0 Å². The molecular formula is C38H34O3. The fourth-order valence-electron chi connectivity index (χ4n) is 5.72. The van der Waals surface area contributed by atoms with Crippen LogP contribution in [-0.4, -0.2) is 0 Å². The molecule has 0 radical (unpaired) electrons. The highest BCUT2D eigenvalue weighted by Crippen LogP contribution is 2.42. The van der Waals surface area contributed by atoms with E-state index in [0.717, 1.165) is 78.0 Å². The zero-order chi connectivity index (χ0) is 28.5. The third-order valence-electron chi connectivity index (χ3n) is 7.90. The number of hydrogen-bond acceptors (Lipinski definition) is 3. The predicted molar refractivity (Wildman–Crippen MR) is 169 cm³/mol. The number of benzene rings is 4. The maximum atomic E-state index is 6.71. The zero-order valence-corrected chi connectivity index (χ0v) is 24.5. The lowest BCUT2D eigenvalue weighted by Crippen LogP contribution is -2.11. The lowest BCUT2D eigenvalue weighted by Gasteiger charge is -2.20. The molecule has 0 aliphatic rings. The second-order valence-corrected chi connectivity index (χ2v) is 13.1. The topological polar surface area (TPSA) is 39.4 Å². The third kappa shape index (κ3) is 4.46. The Hall–Kier alpha value is -4.50. The minimum atomic E-state index is -0.120. The summed E-state index contributed by atoms with van der Waals surface area (Å²) in [6.45, 7) is 13.4. The standard InChI is InChI=1S/C38H34O3/c1-37(2,3)29-18-25(33-20-24-14-10-11-15-31(24)39-33)16-28-22-34(41-36(28)29)26-17-27-21-32(23-12-8-7-9-13-23)40-35(27)30(19-26)38(4,5)6/h7-22H,1-6H3. The SMILES string of the molecule is CC(C)(C)c1cc(-c2cc3ccccc3o2)cc2cc(-c3cc(C(C)(C)C)c4oc(-c5ccccc5)cc4c3)oc12. The molecule has 0 aliphatic heterocycles. The highest BCUT2D eigenvalue weighted by molar-refractivity contribution is 5.94. The largest absolute Gasteiger partial charge is 0.456 e. The number of furan rings is 3. The summed E-state index contributed by atoms with van der Waals surface area (Å²) < 4.78 is 19.4. The Morgan fingerprint density at radius 3 is 1.41 bits per heavy atom. The molecule has 7 aromatic rings. The van der Waals surface area contributed by atoms with Gasteiger partial charge in [0.05, 0.1) is 0 Å². The second kappa shape index (κ2) is 9.01. The molecule has 0 N–H and O–H groups in total. The molecule has 0 unspecified atom stereocenters. The highest BCUT2D eigenvalue weighted by atomic mass is 16.3. The van der Waals surface area contributed by atoms with Crippen LogP contribution in [-0.2, 0) is 10.8 Å². The molecule has 3 heterocycles. The average Bonchev–Trinajstić information content (AvgIpc) is 3.67. The number of rotatable bonds is 3. The van der Waals surface area contributed by atoms with E-state index in [1.54, 1.807) is 0 Å². The van der Waals surface area contributed by atoms with Crippen molar-refractivity contribution in [3.8, 4) is 34.0 Å². The molecule has 41 heavy (non-hydrogen) atoms. The van der Waals surface area contributed by atoms with E-state index in [4.69, 9.17) is 13.3 Å². The van der Waals surface area contributed by atoms with Gasteiger partial charge in [0.2, 0.25) is 0 Å². The van der Waals surface area contributed by atoms with Gasteiger partial charge in [-0.15, -0.1) is 0 Å². The first kappa shape index (κ1) is 25.5. The first-order valence-electron chi connectivity index (χ1n) is 14.3. The molecule has 0 saturated heterocycles. The van der Waals surface area contributed by atoms with E-state index in [2.05, 4.69) is 102 Å². The van der Waals surface area contributed by atoms with Gasteiger partial charge < -0.3 is 13.3 Å². The van der Waals surface area contributed by atoms with Gasteiger partial charge in [-0.05, 0) is 59.4 Å². The van der Waals surface area contributed by atoms with Crippen molar-refractivity contribution < 1.29 is 13.3 Å². The summed E-state index contributed by atoms with van der Waals surface area (Å²) in [5.41, 5.74) is 7.99. The molecule has 4 aromatic carbocycles. The van der Waals surface area contributed by atoms with Crippen LogP contribution in [0.25, 0.3) is 66.9 Å². The minimum Gasteiger partial charge on any atom is -0.456 e. The van der Waals surface area contributed by atoms with E-state index in [0.29, 0.717) is 0 Å². The Labute approximate surface area is 240 Å². The molecule has 204 valence electrons.